The van der Waals surface area contributed by atoms with Crippen molar-refractivity contribution in [2.24, 2.45) is 0 Å². The highest BCUT2D eigenvalue weighted by Crippen LogP contribution is 2.25. The van der Waals surface area contributed by atoms with Crippen molar-refractivity contribution in [3.05, 3.63) is 46.9 Å². The molecule has 0 heterocycles. The van der Waals surface area contributed by atoms with Crippen molar-refractivity contribution in [2.75, 3.05) is 32.7 Å². The summed E-state index contributed by atoms with van der Waals surface area (Å²) in [6, 6.07) is 14.9. The van der Waals surface area contributed by atoms with Crippen LogP contribution in [0.15, 0.2) is 41.3 Å². The third-order valence-corrected chi connectivity index (χ3v) is 5.22. The van der Waals surface area contributed by atoms with Crippen LogP contribution in [0.3, 0.4) is 0 Å². The van der Waals surface area contributed by atoms with Gasteiger partial charge in [0.1, 0.15) is 11.0 Å². The molecule has 158 valence electrons. The van der Waals surface area contributed by atoms with Crippen LogP contribution in [0.5, 0.6) is 0 Å². The molecule has 4 nitrogen and oxygen atoms in total. The van der Waals surface area contributed by atoms with Gasteiger partial charge in [-0.05, 0) is 72.8 Å². The van der Waals surface area contributed by atoms with E-state index in [-0.39, 0.29) is 5.54 Å². The summed E-state index contributed by atoms with van der Waals surface area (Å²) in [4.78, 5) is 2.73. The van der Waals surface area contributed by atoms with Gasteiger partial charge in [0.15, 0.2) is 0 Å². The summed E-state index contributed by atoms with van der Waals surface area (Å²) in [6.45, 7) is 9.14. The van der Waals surface area contributed by atoms with Crippen LogP contribution in [0.2, 0.25) is 0 Å². The van der Waals surface area contributed by atoms with E-state index in [1.165, 1.54) is 34.8 Å². The van der Waals surface area contributed by atoms with Crippen LogP contribution >= 0.6 is 11.9 Å². The number of nitrogens with one attached hydrogen (secondary N) is 1. The molecule has 0 unspecified atom stereocenters. The summed E-state index contributed by atoms with van der Waals surface area (Å²) in [6.07, 6.45) is 4.04. The van der Waals surface area contributed by atoms with Gasteiger partial charge in [-0.15, -0.1) is 0 Å². The van der Waals surface area contributed by atoms with Crippen molar-refractivity contribution < 1.29 is 4.74 Å². The van der Waals surface area contributed by atoms with E-state index in [1.807, 2.05) is 20.2 Å². The van der Waals surface area contributed by atoms with Crippen molar-refractivity contribution in [1.82, 2.24) is 4.72 Å². The molecule has 0 aliphatic carbocycles. The Hall–Kier alpha value is -2.00. The molecule has 0 aliphatic heterocycles. The second kappa shape index (κ2) is 12.5. The zero-order valence-corrected chi connectivity index (χ0v) is 19.7. The third-order valence-electron chi connectivity index (χ3n) is 4.14. The number of allylic oxidation sites excluding steroid dienone is 1. The third kappa shape index (κ3) is 8.91. The van der Waals surface area contributed by atoms with Crippen LogP contribution in [0.1, 0.15) is 46.1 Å². The number of hydrogen-bond acceptors (Lipinski definition) is 5. The van der Waals surface area contributed by atoms with E-state index >= 15 is 0 Å². The molecular weight excluding hydrogens is 378 g/mol. The van der Waals surface area contributed by atoms with Crippen molar-refractivity contribution in [3.8, 4) is 6.07 Å². The van der Waals surface area contributed by atoms with Crippen LogP contribution in [0, 0.1) is 11.3 Å². The van der Waals surface area contributed by atoms with E-state index in [2.05, 4.69) is 79.8 Å². The van der Waals surface area contributed by atoms with Crippen molar-refractivity contribution in [2.45, 2.75) is 46.1 Å². The molecule has 0 atom stereocenters. The zero-order chi connectivity index (χ0) is 21.9. The first-order chi connectivity index (χ1) is 13.8. The highest BCUT2D eigenvalue weighted by Gasteiger charge is 2.17. The molecule has 5 heteroatoms. The second-order valence-electron chi connectivity index (χ2n) is 7.84. The van der Waals surface area contributed by atoms with Crippen LogP contribution in [-0.4, -0.2) is 33.4 Å². The number of ether oxygens (including phenoxy) is 1. The molecule has 0 fully saturated rings. The average molecular weight is 414 g/mol. The van der Waals surface area contributed by atoms with Crippen molar-refractivity contribution in [1.29, 1.82) is 5.26 Å². The zero-order valence-electron chi connectivity index (χ0n) is 18.9. The SMILES string of the molecule is CCC.COCCC(C)(C)NS/C(C#N)=C/c1ccc2cc(N(C)C)ccc2c1. The molecule has 0 bridgehead atoms. The number of rotatable bonds is 8. The van der Waals surface area contributed by atoms with Gasteiger partial charge in [0.2, 0.25) is 0 Å². The molecule has 2 aromatic carbocycles. The lowest BCUT2D eigenvalue weighted by atomic mass is 10.0. The minimum Gasteiger partial charge on any atom is -0.385 e. The largest absolute Gasteiger partial charge is 0.385 e. The summed E-state index contributed by atoms with van der Waals surface area (Å²) >= 11 is 1.37. The summed E-state index contributed by atoms with van der Waals surface area (Å²) in [5.74, 6) is 0. The predicted molar refractivity (Wildman–Crippen MR) is 129 cm³/mol. The lowest BCUT2D eigenvalue weighted by molar-refractivity contribution is 0.173. The molecule has 0 aliphatic rings. The summed E-state index contributed by atoms with van der Waals surface area (Å²) < 4.78 is 8.50. The summed E-state index contributed by atoms with van der Waals surface area (Å²) in [7, 11) is 5.77. The number of benzene rings is 2. The van der Waals surface area contributed by atoms with E-state index < -0.39 is 0 Å². The number of hydrogen-bond donors (Lipinski definition) is 1. The Bertz CT molecular complexity index is 838. The monoisotopic (exact) mass is 413 g/mol. The van der Waals surface area contributed by atoms with Gasteiger partial charge in [0.05, 0.1) is 0 Å². The second-order valence-corrected chi connectivity index (χ2v) is 8.69. The highest BCUT2D eigenvalue weighted by atomic mass is 32.2. The van der Waals surface area contributed by atoms with Gasteiger partial charge < -0.3 is 9.64 Å². The molecule has 0 saturated carbocycles. The van der Waals surface area contributed by atoms with Crippen molar-refractivity contribution >= 4 is 34.5 Å². The number of anilines is 1. The van der Waals surface area contributed by atoms with Gasteiger partial charge in [0, 0.05) is 39.0 Å². The maximum absolute atomic E-state index is 9.46. The maximum Gasteiger partial charge on any atom is 0.107 e. The van der Waals surface area contributed by atoms with Gasteiger partial charge in [0.25, 0.3) is 0 Å². The molecule has 0 amide bonds. The number of fused-ring (bicyclic) bond motifs is 1. The molecule has 2 aromatic rings. The fourth-order valence-corrected chi connectivity index (χ4v) is 3.19. The quantitative estimate of drug-likeness (QED) is 0.410. The first kappa shape index (κ1) is 25.0. The van der Waals surface area contributed by atoms with Gasteiger partial charge in [-0.1, -0.05) is 38.5 Å². The lowest BCUT2D eigenvalue weighted by Gasteiger charge is -2.24. The van der Waals surface area contributed by atoms with Crippen LogP contribution in [0.25, 0.3) is 16.8 Å². The molecular formula is C24H35N3OS. The standard InChI is InChI=1S/C21H27N3OS.C3H8/c1-21(2,10-11-25-5)23-26-20(15-22)13-16-6-7-18-14-19(24(3)4)9-8-17(18)12-16;1-3-2/h6-9,12-14,23H,10-11H2,1-5H3;3H2,1-2H3/b20-13+;. The first-order valence-corrected chi connectivity index (χ1v) is 10.8. The Labute approximate surface area is 181 Å². The van der Waals surface area contributed by atoms with Crippen LogP contribution < -0.4 is 9.62 Å². The first-order valence-electron chi connectivity index (χ1n) is 10.0. The molecule has 2 rings (SSSR count). The van der Waals surface area contributed by atoms with E-state index in [0.717, 1.165) is 12.0 Å². The molecule has 0 radical (unpaired) electrons. The Kier molecular flexibility index (Phi) is 10.8. The van der Waals surface area contributed by atoms with Gasteiger partial charge >= 0.3 is 0 Å². The number of nitriles is 1. The van der Waals surface area contributed by atoms with E-state index in [1.54, 1.807) is 7.11 Å². The smallest absolute Gasteiger partial charge is 0.107 e. The predicted octanol–water partition coefficient (Wildman–Crippen LogP) is 6.24. The normalized spacial score (nSPS) is 11.6. The highest BCUT2D eigenvalue weighted by molar-refractivity contribution is 8.01. The fraction of sp³-hybridized carbons (Fsp3) is 0.458. The van der Waals surface area contributed by atoms with E-state index in [0.29, 0.717) is 11.5 Å². The Morgan fingerprint density at radius 2 is 1.79 bits per heavy atom. The topological polar surface area (TPSA) is 48.3 Å². The maximum atomic E-state index is 9.46. The van der Waals surface area contributed by atoms with Gasteiger partial charge in [-0.3, -0.25) is 4.72 Å². The average Bonchev–Trinajstić information content (AvgIpc) is 2.69. The fourth-order valence-electron chi connectivity index (χ4n) is 2.46. The summed E-state index contributed by atoms with van der Waals surface area (Å²) in [5.41, 5.74) is 2.09. The molecule has 1 N–H and O–H groups in total. The van der Waals surface area contributed by atoms with Gasteiger partial charge in [-0.25, -0.2) is 0 Å². The Morgan fingerprint density at radius 1 is 1.17 bits per heavy atom. The Morgan fingerprint density at radius 3 is 2.38 bits per heavy atom. The molecule has 0 spiro atoms. The van der Waals surface area contributed by atoms with E-state index in [9.17, 15) is 5.26 Å². The van der Waals surface area contributed by atoms with Crippen LogP contribution in [-0.2, 0) is 4.74 Å². The van der Waals surface area contributed by atoms with E-state index in [4.69, 9.17) is 4.74 Å². The Balaban J connectivity index is 0.00000132. The molecule has 0 aromatic heterocycles. The summed E-state index contributed by atoms with van der Waals surface area (Å²) in [5, 5.41) is 11.8. The lowest BCUT2D eigenvalue weighted by Crippen LogP contribution is -2.35. The van der Waals surface area contributed by atoms with Crippen molar-refractivity contribution in [3.63, 3.8) is 0 Å². The van der Waals surface area contributed by atoms with Gasteiger partial charge in [-0.2, -0.15) is 5.26 Å². The molecule has 29 heavy (non-hydrogen) atoms. The van der Waals surface area contributed by atoms with Crippen LogP contribution in [0.4, 0.5) is 5.69 Å². The number of nitrogens with zero attached hydrogens (tertiary/aromatic N) is 2. The minimum absolute atomic E-state index is 0.109. The molecule has 0 saturated heterocycles. The number of methoxy groups -OCH3 is 1. The minimum atomic E-state index is -0.109.